The minimum Gasteiger partial charge on any atom is -0.368 e. The van der Waals surface area contributed by atoms with Gasteiger partial charge >= 0.3 is 0 Å². The Labute approximate surface area is 105 Å². The molecule has 0 bridgehead atoms. The van der Waals surface area contributed by atoms with Crippen LogP contribution in [-0.4, -0.2) is 34.7 Å². The molecule has 0 saturated carbocycles. The number of nitriles is 1. The summed E-state index contributed by atoms with van der Waals surface area (Å²) in [6, 6.07) is 2.93. The second-order valence-electron chi connectivity index (χ2n) is 6.56. The minimum absolute atomic E-state index is 0.0639. The maximum absolute atomic E-state index is 9.29. The third kappa shape index (κ3) is 2.48. The Morgan fingerprint density at radius 2 is 1.94 bits per heavy atom. The van der Waals surface area contributed by atoms with E-state index in [1.807, 2.05) is 0 Å². The second-order valence-corrected chi connectivity index (χ2v) is 6.56. The van der Waals surface area contributed by atoms with Crippen molar-refractivity contribution >= 4 is 0 Å². The van der Waals surface area contributed by atoms with Gasteiger partial charge in [0.2, 0.25) is 0 Å². The van der Waals surface area contributed by atoms with E-state index in [2.05, 4.69) is 38.7 Å². The number of ether oxygens (including phenoxy) is 1. The van der Waals surface area contributed by atoms with Gasteiger partial charge in [-0.05, 0) is 59.9 Å². The summed E-state index contributed by atoms with van der Waals surface area (Å²) in [5.74, 6) is 0. The summed E-state index contributed by atoms with van der Waals surface area (Å²) in [4.78, 5) is 2.39. The SMILES string of the molecule is CC1(C)CC(N2CCCCC2C#N)C(C)(C)O1. The molecular formula is C14H24N2O. The van der Waals surface area contributed by atoms with E-state index in [9.17, 15) is 5.26 Å². The summed E-state index contributed by atoms with van der Waals surface area (Å²) >= 11 is 0. The molecule has 2 aliphatic heterocycles. The largest absolute Gasteiger partial charge is 0.368 e. The summed E-state index contributed by atoms with van der Waals surface area (Å²) in [5, 5.41) is 9.29. The summed E-state index contributed by atoms with van der Waals surface area (Å²) in [6.07, 6.45) is 4.44. The number of nitrogens with zero attached hydrogens (tertiary/aromatic N) is 2. The zero-order valence-corrected chi connectivity index (χ0v) is 11.5. The van der Waals surface area contributed by atoms with Crippen molar-refractivity contribution in [3.63, 3.8) is 0 Å². The van der Waals surface area contributed by atoms with Crippen LogP contribution < -0.4 is 0 Å². The van der Waals surface area contributed by atoms with Crippen LogP contribution in [0, 0.1) is 11.3 Å². The van der Waals surface area contributed by atoms with E-state index in [0.717, 1.165) is 19.4 Å². The third-order valence-electron chi connectivity index (χ3n) is 4.12. The predicted octanol–water partition coefficient (Wildman–Crippen LogP) is 2.71. The van der Waals surface area contributed by atoms with Crippen molar-refractivity contribution in [2.75, 3.05) is 6.54 Å². The quantitative estimate of drug-likeness (QED) is 0.702. The molecule has 0 radical (unpaired) electrons. The van der Waals surface area contributed by atoms with Crippen molar-refractivity contribution in [3.8, 4) is 6.07 Å². The highest BCUT2D eigenvalue weighted by Crippen LogP contribution is 2.41. The Morgan fingerprint density at radius 1 is 1.24 bits per heavy atom. The monoisotopic (exact) mass is 236 g/mol. The molecule has 0 amide bonds. The highest BCUT2D eigenvalue weighted by Gasteiger charge is 2.49. The number of hydrogen-bond donors (Lipinski definition) is 0. The van der Waals surface area contributed by atoms with Crippen LogP contribution in [0.25, 0.3) is 0 Å². The lowest BCUT2D eigenvalue weighted by atomic mass is 9.89. The van der Waals surface area contributed by atoms with Crippen LogP contribution in [0.4, 0.5) is 0 Å². The summed E-state index contributed by atoms with van der Waals surface area (Å²) in [5.41, 5.74) is -0.207. The fourth-order valence-corrected chi connectivity index (χ4v) is 3.52. The summed E-state index contributed by atoms with van der Waals surface area (Å²) in [7, 11) is 0. The Morgan fingerprint density at radius 3 is 2.47 bits per heavy atom. The molecule has 3 nitrogen and oxygen atoms in total. The van der Waals surface area contributed by atoms with Crippen LogP contribution in [-0.2, 0) is 4.74 Å². The molecule has 0 spiro atoms. The van der Waals surface area contributed by atoms with Crippen molar-refractivity contribution in [2.45, 2.75) is 76.7 Å². The number of rotatable bonds is 1. The molecule has 0 aliphatic carbocycles. The van der Waals surface area contributed by atoms with Crippen molar-refractivity contribution < 1.29 is 4.74 Å². The van der Waals surface area contributed by atoms with Crippen molar-refractivity contribution in [1.29, 1.82) is 5.26 Å². The van der Waals surface area contributed by atoms with E-state index in [0.29, 0.717) is 6.04 Å². The predicted molar refractivity (Wildman–Crippen MR) is 67.6 cm³/mol. The Hall–Kier alpha value is -0.590. The van der Waals surface area contributed by atoms with E-state index in [-0.39, 0.29) is 17.2 Å². The molecule has 2 heterocycles. The average molecular weight is 236 g/mol. The molecule has 0 aromatic rings. The highest BCUT2D eigenvalue weighted by atomic mass is 16.5. The highest BCUT2D eigenvalue weighted by molar-refractivity contribution is 5.05. The van der Waals surface area contributed by atoms with E-state index in [1.54, 1.807) is 0 Å². The molecule has 2 unspecified atom stereocenters. The topological polar surface area (TPSA) is 36.3 Å². The molecule has 0 aromatic heterocycles. The zero-order chi connectivity index (χ0) is 12.7. The van der Waals surface area contributed by atoms with Gasteiger partial charge < -0.3 is 4.74 Å². The fourth-order valence-electron chi connectivity index (χ4n) is 3.52. The van der Waals surface area contributed by atoms with Gasteiger partial charge in [0.15, 0.2) is 0 Å². The maximum Gasteiger partial charge on any atom is 0.0981 e. The van der Waals surface area contributed by atoms with Crippen molar-refractivity contribution in [1.82, 2.24) is 4.90 Å². The Kier molecular flexibility index (Phi) is 3.22. The molecule has 2 atom stereocenters. The van der Waals surface area contributed by atoms with Crippen LogP contribution >= 0.6 is 0 Å². The van der Waals surface area contributed by atoms with E-state index in [1.165, 1.54) is 12.8 Å². The first-order valence-corrected chi connectivity index (χ1v) is 6.71. The zero-order valence-electron chi connectivity index (χ0n) is 11.5. The normalized spacial score (nSPS) is 36.6. The van der Waals surface area contributed by atoms with Gasteiger partial charge in [0.25, 0.3) is 0 Å². The standard InChI is InChI=1S/C14H24N2O/c1-13(2)9-12(14(3,4)17-13)16-8-6-5-7-11(16)10-15/h11-12H,5-9H2,1-4H3. The van der Waals surface area contributed by atoms with Gasteiger partial charge in [0.1, 0.15) is 0 Å². The Balaban J connectivity index is 2.18. The minimum atomic E-state index is -0.143. The van der Waals surface area contributed by atoms with Gasteiger partial charge in [0.05, 0.1) is 23.3 Å². The molecular weight excluding hydrogens is 212 g/mol. The van der Waals surface area contributed by atoms with Gasteiger partial charge in [-0.2, -0.15) is 5.26 Å². The van der Waals surface area contributed by atoms with Crippen LogP contribution in [0.1, 0.15) is 53.4 Å². The molecule has 0 aromatic carbocycles. The van der Waals surface area contributed by atoms with Gasteiger partial charge in [-0.25, -0.2) is 0 Å². The Bertz CT molecular complexity index is 330. The summed E-state index contributed by atoms with van der Waals surface area (Å²) < 4.78 is 6.14. The summed E-state index contributed by atoms with van der Waals surface area (Å²) in [6.45, 7) is 9.68. The number of likely N-dealkylation sites (tertiary alicyclic amines) is 1. The molecule has 96 valence electrons. The first-order chi connectivity index (χ1) is 7.86. The van der Waals surface area contributed by atoms with Gasteiger partial charge in [-0.15, -0.1) is 0 Å². The van der Waals surface area contributed by atoms with Gasteiger partial charge in [-0.3, -0.25) is 4.90 Å². The van der Waals surface area contributed by atoms with Crippen LogP contribution in [0.2, 0.25) is 0 Å². The molecule has 2 saturated heterocycles. The molecule has 2 aliphatic rings. The lowest BCUT2D eigenvalue weighted by molar-refractivity contribution is -0.0842. The first-order valence-electron chi connectivity index (χ1n) is 6.71. The lowest BCUT2D eigenvalue weighted by Crippen LogP contribution is -2.52. The second kappa shape index (κ2) is 4.26. The van der Waals surface area contributed by atoms with E-state index in [4.69, 9.17) is 4.74 Å². The van der Waals surface area contributed by atoms with Gasteiger partial charge in [-0.1, -0.05) is 0 Å². The fraction of sp³-hybridized carbons (Fsp3) is 0.929. The molecule has 2 fully saturated rings. The molecule has 0 N–H and O–H groups in total. The smallest absolute Gasteiger partial charge is 0.0981 e. The number of piperidine rings is 1. The maximum atomic E-state index is 9.29. The molecule has 3 heteroatoms. The van der Waals surface area contributed by atoms with Crippen molar-refractivity contribution in [2.24, 2.45) is 0 Å². The van der Waals surface area contributed by atoms with Crippen LogP contribution in [0.3, 0.4) is 0 Å². The van der Waals surface area contributed by atoms with E-state index >= 15 is 0 Å². The van der Waals surface area contributed by atoms with Gasteiger partial charge in [0, 0.05) is 6.04 Å². The van der Waals surface area contributed by atoms with E-state index < -0.39 is 0 Å². The molecule has 17 heavy (non-hydrogen) atoms. The van der Waals surface area contributed by atoms with Crippen molar-refractivity contribution in [3.05, 3.63) is 0 Å². The first kappa shape index (κ1) is 12.9. The van der Waals surface area contributed by atoms with Crippen LogP contribution in [0.15, 0.2) is 0 Å². The van der Waals surface area contributed by atoms with Crippen LogP contribution in [0.5, 0.6) is 0 Å². The molecule has 2 rings (SSSR count). The third-order valence-corrected chi connectivity index (χ3v) is 4.12. The number of hydrogen-bond acceptors (Lipinski definition) is 3. The average Bonchev–Trinajstić information content (AvgIpc) is 2.46. The lowest BCUT2D eigenvalue weighted by Gasteiger charge is -2.41.